The van der Waals surface area contributed by atoms with Crippen LogP contribution in [0.4, 0.5) is 0 Å². The number of carbonyl (C=O) groups excluding carboxylic acids is 1. The number of piperidine rings is 1. The van der Waals surface area contributed by atoms with Crippen LogP contribution in [-0.4, -0.2) is 35.5 Å². The molecule has 0 saturated carbocycles. The van der Waals surface area contributed by atoms with Crippen molar-refractivity contribution in [1.82, 2.24) is 4.90 Å². The molecule has 1 aromatic carbocycles. The molecule has 5 heteroatoms. The van der Waals surface area contributed by atoms with Gasteiger partial charge >= 0.3 is 0 Å². The van der Waals surface area contributed by atoms with Crippen molar-refractivity contribution in [3.05, 3.63) is 29.8 Å². The highest BCUT2D eigenvalue weighted by atomic mass is 32.1. The molecule has 1 amide bonds. The van der Waals surface area contributed by atoms with Gasteiger partial charge in [-0.15, -0.1) is 0 Å². The average molecular weight is 306 g/mol. The maximum Gasteiger partial charge on any atom is 0.253 e. The molecule has 0 unspecified atom stereocenters. The van der Waals surface area contributed by atoms with Gasteiger partial charge in [-0.1, -0.05) is 19.1 Å². The number of hydrogen-bond donors (Lipinski definition) is 1. The lowest BCUT2D eigenvalue weighted by Crippen LogP contribution is -2.46. The number of ether oxygens (including phenoxy) is 1. The van der Waals surface area contributed by atoms with Crippen LogP contribution in [0.1, 0.15) is 37.0 Å². The fourth-order valence-corrected chi connectivity index (χ4v) is 2.70. The fourth-order valence-electron chi connectivity index (χ4n) is 2.49. The topological polar surface area (TPSA) is 55.6 Å². The minimum absolute atomic E-state index is 0.0584. The molecule has 0 bridgehead atoms. The van der Waals surface area contributed by atoms with E-state index >= 15 is 0 Å². The smallest absolute Gasteiger partial charge is 0.253 e. The lowest BCUT2D eigenvalue weighted by atomic mass is 9.80. The Bertz CT molecular complexity index is 520. The molecule has 114 valence electrons. The first-order valence-corrected chi connectivity index (χ1v) is 7.69. The minimum atomic E-state index is -0.120. The molecule has 4 nitrogen and oxygen atoms in total. The van der Waals surface area contributed by atoms with Gasteiger partial charge in [-0.3, -0.25) is 4.79 Å². The van der Waals surface area contributed by atoms with Crippen molar-refractivity contribution >= 4 is 23.1 Å². The molecule has 1 aromatic rings. The van der Waals surface area contributed by atoms with Gasteiger partial charge in [-0.05, 0) is 44.0 Å². The summed E-state index contributed by atoms with van der Waals surface area (Å²) in [6.45, 7) is 6.02. The fraction of sp³-hybridized carbons (Fsp3) is 0.500. The van der Waals surface area contributed by atoms with Crippen molar-refractivity contribution in [2.75, 3.05) is 19.7 Å². The van der Waals surface area contributed by atoms with Gasteiger partial charge in [0.25, 0.3) is 5.91 Å². The summed E-state index contributed by atoms with van der Waals surface area (Å²) in [5.74, 6) is 0.844. The van der Waals surface area contributed by atoms with Crippen LogP contribution in [0.5, 0.6) is 5.75 Å². The number of rotatable bonds is 4. The van der Waals surface area contributed by atoms with Gasteiger partial charge in [-0.2, -0.15) is 0 Å². The summed E-state index contributed by atoms with van der Waals surface area (Å²) in [7, 11) is 0. The third kappa shape index (κ3) is 3.53. The Morgan fingerprint density at radius 1 is 1.33 bits per heavy atom. The Morgan fingerprint density at radius 2 is 1.90 bits per heavy atom. The highest BCUT2D eigenvalue weighted by Crippen LogP contribution is 2.31. The normalized spacial score (nSPS) is 17.3. The molecule has 0 aromatic heterocycles. The second-order valence-electron chi connectivity index (χ2n) is 5.67. The number of nitrogens with zero attached hydrogens (tertiary/aromatic N) is 1. The molecule has 2 rings (SSSR count). The predicted molar refractivity (Wildman–Crippen MR) is 87.6 cm³/mol. The molecule has 21 heavy (non-hydrogen) atoms. The van der Waals surface area contributed by atoms with Crippen molar-refractivity contribution < 1.29 is 9.53 Å². The summed E-state index contributed by atoms with van der Waals surface area (Å²) in [4.78, 5) is 14.9. The van der Waals surface area contributed by atoms with E-state index in [1.807, 2.05) is 36.1 Å². The Hall–Kier alpha value is -1.62. The van der Waals surface area contributed by atoms with E-state index in [-0.39, 0.29) is 11.3 Å². The number of likely N-dealkylation sites (tertiary alicyclic amines) is 1. The molecular formula is C16H22N2O2S. The monoisotopic (exact) mass is 306 g/mol. The van der Waals surface area contributed by atoms with E-state index in [0.29, 0.717) is 30.2 Å². The summed E-state index contributed by atoms with van der Waals surface area (Å²) >= 11 is 5.13. The van der Waals surface area contributed by atoms with Crippen LogP contribution in [0.25, 0.3) is 0 Å². The lowest BCUT2D eigenvalue weighted by Gasteiger charge is -2.38. The zero-order valence-electron chi connectivity index (χ0n) is 12.6. The maximum absolute atomic E-state index is 12.5. The van der Waals surface area contributed by atoms with Crippen LogP contribution in [0.2, 0.25) is 0 Å². The van der Waals surface area contributed by atoms with Gasteiger partial charge in [-0.25, -0.2) is 0 Å². The first-order valence-electron chi connectivity index (χ1n) is 7.28. The van der Waals surface area contributed by atoms with Crippen LogP contribution >= 0.6 is 12.2 Å². The van der Waals surface area contributed by atoms with Gasteiger partial charge in [0.1, 0.15) is 5.75 Å². The number of amides is 1. The van der Waals surface area contributed by atoms with Crippen LogP contribution < -0.4 is 10.5 Å². The van der Waals surface area contributed by atoms with E-state index in [4.69, 9.17) is 22.7 Å². The molecule has 0 atom stereocenters. The molecule has 1 saturated heterocycles. The number of benzene rings is 1. The van der Waals surface area contributed by atoms with E-state index in [1.165, 1.54) is 0 Å². The molecular weight excluding hydrogens is 284 g/mol. The van der Waals surface area contributed by atoms with E-state index in [2.05, 4.69) is 6.92 Å². The number of nitrogens with two attached hydrogens (primary N) is 1. The van der Waals surface area contributed by atoms with Crippen molar-refractivity contribution in [2.24, 2.45) is 11.1 Å². The molecule has 1 aliphatic heterocycles. The molecule has 1 fully saturated rings. The quantitative estimate of drug-likeness (QED) is 0.869. The Morgan fingerprint density at radius 3 is 2.38 bits per heavy atom. The maximum atomic E-state index is 12.5. The molecule has 0 radical (unpaired) electrons. The van der Waals surface area contributed by atoms with Crippen LogP contribution in [0, 0.1) is 5.41 Å². The zero-order valence-corrected chi connectivity index (χ0v) is 13.4. The largest absolute Gasteiger partial charge is 0.494 e. The van der Waals surface area contributed by atoms with Crippen LogP contribution in [-0.2, 0) is 0 Å². The highest BCUT2D eigenvalue weighted by molar-refractivity contribution is 7.80. The Balaban J connectivity index is 2.00. The Kier molecular flexibility index (Phi) is 4.83. The van der Waals surface area contributed by atoms with E-state index in [9.17, 15) is 4.79 Å². The lowest BCUT2D eigenvalue weighted by molar-refractivity contribution is 0.0670. The third-order valence-corrected chi connectivity index (χ3v) is 4.65. The van der Waals surface area contributed by atoms with Gasteiger partial charge in [0.2, 0.25) is 0 Å². The van der Waals surface area contributed by atoms with Crippen molar-refractivity contribution in [3.63, 3.8) is 0 Å². The molecule has 0 aliphatic carbocycles. The standard InChI is InChI=1S/C16H22N2O2S/c1-3-20-13-6-4-12(5-7-13)14(19)18-10-8-16(2,9-11-18)15(17)21/h4-7H,3,8-11H2,1-2H3,(H2,17,21). The van der Waals surface area contributed by atoms with Crippen molar-refractivity contribution in [1.29, 1.82) is 0 Å². The van der Waals surface area contributed by atoms with Gasteiger partial charge in [0.05, 0.1) is 11.6 Å². The molecule has 0 spiro atoms. The van der Waals surface area contributed by atoms with Gasteiger partial charge < -0.3 is 15.4 Å². The second kappa shape index (κ2) is 6.43. The number of thiocarbonyl (C=S) groups is 1. The summed E-state index contributed by atoms with van der Waals surface area (Å²) in [5.41, 5.74) is 6.37. The summed E-state index contributed by atoms with van der Waals surface area (Å²) in [6.07, 6.45) is 1.65. The second-order valence-corrected chi connectivity index (χ2v) is 6.11. The first kappa shape index (κ1) is 15.8. The van der Waals surface area contributed by atoms with Crippen LogP contribution in [0.3, 0.4) is 0 Å². The van der Waals surface area contributed by atoms with Crippen molar-refractivity contribution in [3.8, 4) is 5.75 Å². The third-order valence-electron chi connectivity index (χ3n) is 4.16. The van der Waals surface area contributed by atoms with E-state index in [1.54, 1.807) is 0 Å². The molecule has 1 aliphatic rings. The SMILES string of the molecule is CCOc1ccc(C(=O)N2CCC(C)(C(N)=S)CC2)cc1. The predicted octanol–water partition coefficient (Wildman–Crippen LogP) is 2.61. The molecule has 2 N–H and O–H groups in total. The molecule has 1 heterocycles. The average Bonchev–Trinajstić information content (AvgIpc) is 2.48. The summed E-state index contributed by atoms with van der Waals surface area (Å²) in [5, 5.41) is 0. The van der Waals surface area contributed by atoms with Crippen molar-refractivity contribution in [2.45, 2.75) is 26.7 Å². The van der Waals surface area contributed by atoms with E-state index in [0.717, 1.165) is 18.6 Å². The first-order chi connectivity index (χ1) is 9.96. The number of carbonyl (C=O) groups is 1. The van der Waals surface area contributed by atoms with Crippen LogP contribution in [0.15, 0.2) is 24.3 Å². The van der Waals surface area contributed by atoms with Gasteiger partial charge in [0.15, 0.2) is 0 Å². The zero-order chi connectivity index (χ0) is 15.5. The highest BCUT2D eigenvalue weighted by Gasteiger charge is 2.34. The van der Waals surface area contributed by atoms with Gasteiger partial charge in [0, 0.05) is 24.1 Å². The summed E-state index contributed by atoms with van der Waals surface area (Å²) < 4.78 is 5.39. The Labute approximate surface area is 131 Å². The number of hydrogen-bond acceptors (Lipinski definition) is 3. The minimum Gasteiger partial charge on any atom is -0.494 e. The van der Waals surface area contributed by atoms with E-state index < -0.39 is 0 Å². The summed E-state index contributed by atoms with van der Waals surface area (Å²) in [6, 6.07) is 7.29.